The molecule has 3 atom stereocenters. The largest absolute Gasteiger partial charge is 0.416 e. The minimum Gasteiger partial charge on any atom is -0.291 e. The highest BCUT2D eigenvalue weighted by atomic mass is 32.2. The molecular weight excluding hydrogens is 615 g/mol. The molecule has 4 aromatic rings. The number of allylic oxidation sites excluding steroid dienone is 1. The number of carbonyl (C=O) groups is 1. The van der Waals surface area contributed by atoms with Crippen LogP contribution in [0.2, 0.25) is 0 Å². The summed E-state index contributed by atoms with van der Waals surface area (Å²) in [6.07, 6.45) is 1.99. The van der Waals surface area contributed by atoms with Crippen LogP contribution in [0, 0.1) is 11.2 Å². The number of aromatic nitrogens is 5. The zero-order valence-corrected chi connectivity index (χ0v) is 25.0. The van der Waals surface area contributed by atoms with E-state index in [-0.39, 0.29) is 30.1 Å². The Kier molecular flexibility index (Phi) is 7.76. The van der Waals surface area contributed by atoms with Crippen molar-refractivity contribution in [3.8, 4) is 5.69 Å². The van der Waals surface area contributed by atoms with Crippen LogP contribution in [-0.4, -0.2) is 64.0 Å². The molecule has 0 bridgehead atoms. The molecule has 1 fully saturated rings. The van der Waals surface area contributed by atoms with Crippen LogP contribution in [-0.2, 0) is 29.4 Å². The first-order valence-corrected chi connectivity index (χ1v) is 15.8. The first-order valence-electron chi connectivity index (χ1n) is 14.1. The molecule has 0 saturated heterocycles. The summed E-state index contributed by atoms with van der Waals surface area (Å²) in [5.41, 5.74) is -0.228. The van der Waals surface area contributed by atoms with E-state index in [1.165, 1.54) is 21.1 Å². The summed E-state index contributed by atoms with van der Waals surface area (Å²) < 4.78 is 87.3. The van der Waals surface area contributed by atoms with Crippen LogP contribution in [0.25, 0.3) is 11.8 Å². The van der Waals surface area contributed by atoms with Gasteiger partial charge in [-0.3, -0.25) is 14.5 Å². The molecule has 6 rings (SSSR count). The number of rotatable bonds is 8. The van der Waals surface area contributed by atoms with Gasteiger partial charge in [0.2, 0.25) is 0 Å². The van der Waals surface area contributed by atoms with Gasteiger partial charge in [0, 0.05) is 32.0 Å². The summed E-state index contributed by atoms with van der Waals surface area (Å²) in [5, 5.41) is 8.88. The number of Topliss-reactive ketones (excluding diaryl/α,β-unsaturated/α-hetero) is 1. The molecule has 3 aromatic heterocycles. The minimum atomic E-state index is -4.69. The van der Waals surface area contributed by atoms with Crippen molar-refractivity contribution in [2.24, 2.45) is 12.5 Å². The lowest BCUT2D eigenvalue weighted by Crippen LogP contribution is -2.51. The molecule has 8 nitrogen and oxygen atoms in total. The molecule has 0 aliphatic heterocycles. The first-order chi connectivity index (χ1) is 21.3. The van der Waals surface area contributed by atoms with Crippen LogP contribution in [0.1, 0.15) is 46.6 Å². The van der Waals surface area contributed by atoms with Crippen LogP contribution >= 0.6 is 0 Å². The number of halogens is 5. The van der Waals surface area contributed by atoms with Crippen molar-refractivity contribution in [3.05, 3.63) is 95.0 Å². The van der Waals surface area contributed by atoms with Crippen LogP contribution in [0.15, 0.2) is 71.7 Å². The molecule has 0 amide bonds. The maximum Gasteiger partial charge on any atom is 0.416 e. The van der Waals surface area contributed by atoms with Crippen molar-refractivity contribution in [1.82, 2.24) is 28.9 Å². The number of nitrogens with zero attached hydrogens (tertiary/aromatic N) is 6. The maximum absolute atomic E-state index is 14.5. The van der Waals surface area contributed by atoms with Gasteiger partial charge in [0.1, 0.15) is 18.2 Å². The van der Waals surface area contributed by atoms with E-state index in [9.17, 15) is 31.0 Å². The maximum atomic E-state index is 14.5. The van der Waals surface area contributed by atoms with Crippen LogP contribution in [0.3, 0.4) is 0 Å². The first kappa shape index (κ1) is 30.8. The summed E-state index contributed by atoms with van der Waals surface area (Å²) in [6.45, 7) is -1.09. The number of aryl methyl sites for hydroxylation is 1. The molecule has 0 spiro atoms. The van der Waals surface area contributed by atoms with Crippen molar-refractivity contribution in [2.75, 3.05) is 13.2 Å². The average Bonchev–Trinajstić information content (AvgIpc) is 3.64. The van der Waals surface area contributed by atoms with Gasteiger partial charge in [0.15, 0.2) is 10.8 Å². The van der Waals surface area contributed by atoms with Gasteiger partial charge in [0.25, 0.3) is 0 Å². The van der Waals surface area contributed by atoms with Gasteiger partial charge < -0.3 is 0 Å². The molecule has 1 saturated carbocycles. The Morgan fingerprint density at radius 3 is 2.62 bits per heavy atom. The minimum absolute atomic E-state index is 0.0239. The van der Waals surface area contributed by atoms with Crippen LogP contribution < -0.4 is 0 Å². The third-order valence-electron chi connectivity index (χ3n) is 8.57. The Bertz CT molecular complexity index is 1900. The Labute approximate surface area is 256 Å². The van der Waals surface area contributed by atoms with Crippen molar-refractivity contribution >= 4 is 27.4 Å². The molecule has 0 radical (unpaired) electrons. The molecule has 2 aliphatic rings. The Balaban J connectivity index is 1.46. The van der Waals surface area contributed by atoms with E-state index in [0.717, 1.165) is 18.3 Å². The predicted octanol–water partition coefficient (Wildman–Crippen LogP) is 5.48. The van der Waals surface area contributed by atoms with Gasteiger partial charge in [-0.1, -0.05) is 5.57 Å². The standard InChI is InChI=1S/C31H29F5N6O2S/c1-40-13-10-28(39-40)45(2,44)41(14-11-32)25-6-3-21-16-27-20(19-38-42(27)24-7-4-23(33)5-8-24)17-30(21,18-25)29(43)26-15-22(9-12-37-26)31(34,35)36/h4-5,7-10,12-13,15-16,19,25H,2-3,6,11,14,17-18H2,1H3/t25-,30-,45?/m0/s1. The molecule has 2 aliphatic carbocycles. The van der Waals surface area contributed by atoms with Crippen molar-refractivity contribution < 1.29 is 31.0 Å². The van der Waals surface area contributed by atoms with Gasteiger partial charge in [0.05, 0.1) is 38.3 Å². The van der Waals surface area contributed by atoms with Crippen molar-refractivity contribution in [1.29, 1.82) is 0 Å². The average molecular weight is 645 g/mol. The summed E-state index contributed by atoms with van der Waals surface area (Å²) in [7, 11) is -1.65. The van der Waals surface area contributed by atoms with Crippen LogP contribution in [0.5, 0.6) is 0 Å². The second kappa shape index (κ2) is 11.3. The number of alkyl halides is 4. The fourth-order valence-corrected chi connectivity index (χ4v) is 8.23. The van der Waals surface area contributed by atoms with Gasteiger partial charge in [-0.25, -0.2) is 22.0 Å². The normalized spacial score (nSPS) is 21.1. The zero-order valence-electron chi connectivity index (χ0n) is 24.2. The number of fused-ring (bicyclic) bond motifs is 2. The van der Waals surface area contributed by atoms with E-state index in [4.69, 9.17) is 0 Å². The number of hydrogen-bond acceptors (Lipinski definition) is 5. The van der Waals surface area contributed by atoms with Gasteiger partial charge in [-0.2, -0.15) is 23.4 Å². The summed E-state index contributed by atoms with van der Waals surface area (Å²) in [4.78, 5) is 18.5. The smallest absolute Gasteiger partial charge is 0.291 e. The van der Waals surface area contributed by atoms with E-state index in [0.29, 0.717) is 35.4 Å². The van der Waals surface area contributed by atoms with Gasteiger partial charge >= 0.3 is 6.18 Å². The lowest BCUT2D eigenvalue weighted by atomic mass is 9.60. The topological polar surface area (TPSA) is 85.9 Å². The van der Waals surface area contributed by atoms with E-state index >= 15 is 0 Å². The summed E-state index contributed by atoms with van der Waals surface area (Å²) in [6, 6.07) is 8.18. The number of benzene rings is 1. The van der Waals surface area contributed by atoms with E-state index in [1.807, 2.05) is 0 Å². The molecule has 14 heteroatoms. The zero-order chi connectivity index (χ0) is 32.1. The monoisotopic (exact) mass is 644 g/mol. The molecular formula is C31H29F5N6O2S. The SMILES string of the molecule is C=S(=O)(c1ccn(C)n1)N(CCF)[C@H]1CCC2=Cc3c(cnn3-c3ccc(F)cc3)C[C@]2(C(=O)c2cc(C(F)(F)F)ccn2)C1. The highest BCUT2D eigenvalue weighted by Crippen LogP contribution is 2.51. The predicted molar refractivity (Wildman–Crippen MR) is 158 cm³/mol. The van der Waals surface area contributed by atoms with Crippen molar-refractivity contribution in [3.63, 3.8) is 0 Å². The molecule has 236 valence electrons. The summed E-state index contributed by atoms with van der Waals surface area (Å²) >= 11 is 0. The van der Waals surface area contributed by atoms with Crippen molar-refractivity contribution in [2.45, 2.75) is 42.9 Å². The Morgan fingerprint density at radius 2 is 1.96 bits per heavy atom. The highest BCUT2D eigenvalue weighted by Gasteiger charge is 2.51. The second-order valence-corrected chi connectivity index (χ2v) is 13.5. The van der Waals surface area contributed by atoms with Gasteiger partial charge in [-0.05, 0) is 85.7 Å². The third-order valence-corrected chi connectivity index (χ3v) is 10.7. The van der Waals surface area contributed by atoms with E-state index < -0.39 is 51.2 Å². The summed E-state index contributed by atoms with van der Waals surface area (Å²) in [5.74, 6) is 2.89. The quantitative estimate of drug-likeness (QED) is 0.144. The van der Waals surface area contributed by atoms with Gasteiger partial charge in [-0.15, -0.1) is 0 Å². The molecule has 1 aromatic carbocycles. The molecule has 45 heavy (non-hydrogen) atoms. The number of carbonyl (C=O) groups excluding carboxylic acids is 1. The Morgan fingerprint density at radius 1 is 1.20 bits per heavy atom. The molecule has 3 heterocycles. The lowest BCUT2D eigenvalue weighted by Gasteiger charge is -2.47. The fraction of sp³-hybridized carbons (Fsp3) is 0.323. The lowest BCUT2D eigenvalue weighted by molar-refractivity contribution is -0.137. The Hall–Kier alpha value is -4.17. The fourth-order valence-electron chi connectivity index (χ4n) is 6.43. The highest BCUT2D eigenvalue weighted by molar-refractivity contribution is 7.98. The third kappa shape index (κ3) is 5.50. The molecule has 0 N–H and O–H groups in total. The van der Waals surface area contributed by atoms with E-state index in [1.54, 1.807) is 48.4 Å². The number of hydrogen-bond donors (Lipinski definition) is 0. The number of pyridine rings is 1. The molecule has 1 unspecified atom stereocenters. The van der Waals surface area contributed by atoms with E-state index in [2.05, 4.69) is 21.1 Å². The second-order valence-electron chi connectivity index (χ2n) is 11.3. The van der Waals surface area contributed by atoms with Crippen LogP contribution in [0.4, 0.5) is 22.0 Å². The number of ketones is 1.